The van der Waals surface area contributed by atoms with Gasteiger partial charge in [0.25, 0.3) is 0 Å². The van der Waals surface area contributed by atoms with E-state index in [0.29, 0.717) is 22.8 Å². The molecular formula is C25H19ClF3N5. The van der Waals surface area contributed by atoms with Crippen molar-refractivity contribution in [1.29, 1.82) is 0 Å². The summed E-state index contributed by atoms with van der Waals surface area (Å²) >= 11 is 6.31. The Balaban J connectivity index is 1.51. The van der Waals surface area contributed by atoms with E-state index in [1.54, 1.807) is 10.7 Å². The minimum atomic E-state index is -4.29. The number of hydrogen-bond acceptors (Lipinski definition) is 4. The molecule has 2 aromatic carbocycles. The van der Waals surface area contributed by atoms with Crippen LogP contribution in [0.4, 0.5) is 24.7 Å². The third-order valence-corrected chi connectivity index (χ3v) is 6.97. The zero-order valence-corrected chi connectivity index (χ0v) is 19.0. The SMILES string of the molecule is Cn1nnc2nc(N3CCCc4c(C#CC5(C(F)(F)F)CC5)cccc43)c3ccc(Cl)cc3c21. The maximum absolute atomic E-state index is 13.4. The Morgan fingerprint density at radius 3 is 2.71 bits per heavy atom. The molecule has 0 bridgehead atoms. The van der Waals surface area contributed by atoms with Gasteiger partial charge in [-0.2, -0.15) is 13.2 Å². The Labute approximate surface area is 198 Å². The smallest absolute Gasteiger partial charge is 0.325 e. The van der Waals surface area contributed by atoms with Crippen molar-refractivity contribution >= 4 is 45.0 Å². The zero-order chi connectivity index (χ0) is 23.7. The minimum absolute atomic E-state index is 0.0707. The molecule has 2 aromatic heterocycles. The third kappa shape index (κ3) is 3.22. The van der Waals surface area contributed by atoms with Crippen LogP contribution in [-0.4, -0.2) is 32.7 Å². The Kier molecular flexibility index (Phi) is 4.59. The van der Waals surface area contributed by atoms with Crippen LogP contribution in [-0.2, 0) is 13.5 Å². The Bertz CT molecular complexity index is 1530. The maximum Gasteiger partial charge on any atom is 0.405 e. The van der Waals surface area contributed by atoms with Crippen LogP contribution < -0.4 is 4.90 Å². The highest BCUT2D eigenvalue weighted by Gasteiger charge is 2.62. The van der Waals surface area contributed by atoms with Gasteiger partial charge in [0.15, 0.2) is 0 Å². The second-order valence-corrected chi connectivity index (χ2v) is 9.34. The lowest BCUT2D eigenvalue weighted by Gasteiger charge is -2.32. The number of pyridine rings is 1. The van der Waals surface area contributed by atoms with Crippen LogP contribution in [0.15, 0.2) is 36.4 Å². The standard InChI is InChI=1S/C25H19ClF3N5/c1-33-21-19-14-16(26)7-8-18(19)23(30-22(21)31-32-33)34-13-3-5-17-15(4-2-6-20(17)34)9-10-24(11-12-24)25(27,28)29/h2,4,6-8,14H,3,5,11-13H2,1H3. The van der Waals surface area contributed by atoms with E-state index in [4.69, 9.17) is 16.6 Å². The molecule has 0 radical (unpaired) electrons. The lowest BCUT2D eigenvalue weighted by atomic mass is 9.95. The van der Waals surface area contributed by atoms with Crippen molar-refractivity contribution in [2.24, 2.45) is 12.5 Å². The molecule has 6 rings (SSSR count). The predicted molar refractivity (Wildman–Crippen MR) is 125 cm³/mol. The fourth-order valence-electron chi connectivity index (χ4n) is 4.74. The fraction of sp³-hybridized carbons (Fsp3) is 0.320. The topological polar surface area (TPSA) is 46.8 Å². The molecule has 0 saturated heterocycles. The molecule has 0 amide bonds. The summed E-state index contributed by atoms with van der Waals surface area (Å²) in [6, 6.07) is 11.3. The molecule has 4 aromatic rings. The average Bonchev–Trinajstić information content (AvgIpc) is 3.53. The molecule has 34 heavy (non-hydrogen) atoms. The monoisotopic (exact) mass is 481 g/mol. The van der Waals surface area contributed by atoms with Crippen molar-refractivity contribution in [1.82, 2.24) is 20.0 Å². The van der Waals surface area contributed by atoms with E-state index in [2.05, 4.69) is 27.1 Å². The minimum Gasteiger partial charge on any atom is -0.325 e. The van der Waals surface area contributed by atoms with Gasteiger partial charge in [0.1, 0.15) is 16.7 Å². The third-order valence-electron chi connectivity index (χ3n) is 6.73. The van der Waals surface area contributed by atoms with Gasteiger partial charge in [-0.25, -0.2) is 9.67 Å². The number of halogens is 4. The molecule has 2 aliphatic rings. The van der Waals surface area contributed by atoms with E-state index in [0.717, 1.165) is 46.2 Å². The Hall–Kier alpha value is -3.31. The van der Waals surface area contributed by atoms with Gasteiger partial charge in [-0.05, 0) is 61.6 Å². The summed E-state index contributed by atoms with van der Waals surface area (Å²) in [7, 11) is 1.81. The lowest BCUT2D eigenvalue weighted by Crippen LogP contribution is -2.26. The van der Waals surface area contributed by atoms with Crippen molar-refractivity contribution in [2.75, 3.05) is 11.4 Å². The number of anilines is 2. The van der Waals surface area contributed by atoms with Crippen LogP contribution >= 0.6 is 11.6 Å². The molecule has 9 heteroatoms. The summed E-state index contributed by atoms with van der Waals surface area (Å²) in [6.07, 6.45) is -2.59. The first-order valence-electron chi connectivity index (χ1n) is 11.1. The molecule has 0 N–H and O–H groups in total. The first kappa shape index (κ1) is 21.2. The first-order chi connectivity index (χ1) is 16.3. The molecule has 1 aliphatic carbocycles. The number of aryl methyl sites for hydroxylation is 1. The highest BCUT2D eigenvalue weighted by molar-refractivity contribution is 6.32. The van der Waals surface area contributed by atoms with Crippen molar-refractivity contribution in [3.05, 3.63) is 52.5 Å². The van der Waals surface area contributed by atoms with E-state index in [-0.39, 0.29) is 12.8 Å². The molecule has 3 heterocycles. The van der Waals surface area contributed by atoms with Gasteiger partial charge >= 0.3 is 6.18 Å². The first-order valence-corrected chi connectivity index (χ1v) is 11.4. The molecular weight excluding hydrogens is 463 g/mol. The number of alkyl halides is 3. The molecule has 1 saturated carbocycles. The zero-order valence-electron chi connectivity index (χ0n) is 18.2. The van der Waals surface area contributed by atoms with Crippen molar-refractivity contribution < 1.29 is 13.2 Å². The molecule has 0 atom stereocenters. The van der Waals surface area contributed by atoms with E-state index in [9.17, 15) is 13.2 Å². The summed E-state index contributed by atoms with van der Waals surface area (Å²) in [5.41, 5.74) is 1.95. The van der Waals surface area contributed by atoms with Gasteiger partial charge in [0.2, 0.25) is 5.65 Å². The van der Waals surface area contributed by atoms with Gasteiger partial charge in [-0.15, -0.1) is 5.10 Å². The van der Waals surface area contributed by atoms with Crippen molar-refractivity contribution in [2.45, 2.75) is 31.9 Å². The summed E-state index contributed by atoms with van der Waals surface area (Å²) in [6.45, 7) is 0.715. The van der Waals surface area contributed by atoms with Gasteiger partial charge in [-0.1, -0.05) is 34.7 Å². The highest BCUT2D eigenvalue weighted by atomic mass is 35.5. The van der Waals surface area contributed by atoms with Gasteiger partial charge in [0, 0.05) is 40.6 Å². The fourth-order valence-corrected chi connectivity index (χ4v) is 4.92. The second kappa shape index (κ2) is 7.34. The van der Waals surface area contributed by atoms with E-state index < -0.39 is 11.6 Å². The summed E-state index contributed by atoms with van der Waals surface area (Å²) in [4.78, 5) is 6.94. The summed E-state index contributed by atoms with van der Waals surface area (Å²) < 4.78 is 41.8. The van der Waals surface area contributed by atoms with Crippen LogP contribution in [0, 0.1) is 17.3 Å². The Morgan fingerprint density at radius 1 is 1.12 bits per heavy atom. The van der Waals surface area contributed by atoms with E-state index in [1.165, 1.54) is 0 Å². The van der Waals surface area contributed by atoms with Crippen molar-refractivity contribution in [3.63, 3.8) is 0 Å². The molecule has 1 fully saturated rings. The van der Waals surface area contributed by atoms with E-state index in [1.807, 2.05) is 37.4 Å². The lowest BCUT2D eigenvalue weighted by molar-refractivity contribution is -0.168. The van der Waals surface area contributed by atoms with Crippen LogP contribution in [0.25, 0.3) is 21.9 Å². The van der Waals surface area contributed by atoms with Crippen LogP contribution in [0.2, 0.25) is 5.02 Å². The normalized spacial score (nSPS) is 16.9. The number of fused-ring (bicyclic) bond motifs is 4. The molecule has 0 unspecified atom stereocenters. The summed E-state index contributed by atoms with van der Waals surface area (Å²) in [5.74, 6) is 6.14. The van der Waals surface area contributed by atoms with Crippen LogP contribution in [0.3, 0.4) is 0 Å². The summed E-state index contributed by atoms with van der Waals surface area (Å²) in [5, 5.41) is 10.7. The largest absolute Gasteiger partial charge is 0.405 e. The molecule has 5 nitrogen and oxygen atoms in total. The number of aromatic nitrogens is 4. The van der Waals surface area contributed by atoms with E-state index >= 15 is 0 Å². The number of benzene rings is 2. The number of hydrogen-bond donors (Lipinski definition) is 0. The second-order valence-electron chi connectivity index (χ2n) is 8.90. The van der Waals surface area contributed by atoms with Gasteiger partial charge < -0.3 is 4.90 Å². The number of rotatable bonds is 1. The molecule has 1 aliphatic heterocycles. The molecule has 172 valence electrons. The highest BCUT2D eigenvalue weighted by Crippen LogP contribution is 2.57. The molecule has 0 spiro atoms. The average molecular weight is 482 g/mol. The van der Waals surface area contributed by atoms with Crippen LogP contribution in [0.5, 0.6) is 0 Å². The maximum atomic E-state index is 13.4. The predicted octanol–water partition coefficient (Wildman–Crippen LogP) is 5.95. The van der Waals surface area contributed by atoms with Gasteiger partial charge in [0.05, 0.1) is 0 Å². The van der Waals surface area contributed by atoms with Gasteiger partial charge in [-0.3, -0.25) is 0 Å². The van der Waals surface area contributed by atoms with Crippen molar-refractivity contribution in [3.8, 4) is 11.8 Å². The number of nitrogens with zero attached hydrogens (tertiary/aromatic N) is 5. The Morgan fingerprint density at radius 2 is 1.94 bits per heavy atom. The quantitative estimate of drug-likeness (QED) is 0.315. The van der Waals surface area contributed by atoms with Crippen LogP contribution in [0.1, 0.15) is 30.4 Å².